The molecule has 6 heteroatoms. The number of carbonyl (C=O) groups excluding carboxylic acids is 2. The van der Waals surface area contributed by atoms with Crippen LogP contribution in [0.3, 0.4) is 0 Å². The second kappa shape index (κ2) is 9.88. The molecule has 136 valence electrons. The fourth-order valence-electron chi connectivity index (χ4n) is 2.03. The largest absolute Gasteiger partial charge is 0.499 e. The molecule has 2 aromatic rings. The van der Waals surface area contributed by atoms with Crippen LogP contribution in [0.1, 0.15) is 18.1 Å². The van der Waals surface area contributed by atoms with Crippen LogP contribution >= 0.6 is 0 Å². The Hall–Kier alpha value is -3.28. The fourth-order valence-corrected chi connectivity index (χ4v) is 2.03. The monoisotopic (exact) mass is 356 g/mol. The first-order chi connectivity index (χ1) is 12.6. The average molecular weight is 356 g/mol. The van der Waals surface area contributed by atoms with E-state index in [4.69, 9.17) is 14.2 Å². The summed E-state index contributed by atoms with van der Waals surface area (Å²) in [6.45, 7) is 1.63. The summed E-state index contributed by atoms with van der Waals surface area (Å²) in [6, 6.07) is 18.0. The van der Waals surface area contributed by atoms with E-state index < -0.39 is 23.5 Å². The number of aliphatic hydroxyl groups excluding tert-OH is 1. The van der Waals surface area contributed by atoms with Crippen molar-refractivity contribution in [3.8, 4) is 0 Å². The van der Waals surface area contributed by atoms with Crippen LogP contribution in [0.15, 0.2) is 72.2 Å². The lowest BCUT2D eigenvalue weighted by Crippen LogP contribution is -2.18. The number of hydrogen-bond acceptors (Lipinski definition) is 6. The maximum Gasteiger partial charge on any atom is 0.378 e. The second-order valence-electron chi connectivity index (χ2n) is 5.23. The number of ether oxygens (including phenoxy) is 3. The van der Waals surface area contributed by atoms with E-state index in [-0.39, 0.29) is 19.8 Å². The quantitative estimate of drug-likeness (QED) is 0.444. The van der Waals surface area contributed by atoms with Gasteiger partial charge in [-0.25, -0.2) is 9.59 Å². The molecule has 0 saturated heterocycles. The molecule has 2 aromatic carbocycles. The molecule has 0 saturated carbocycles. The highest BCUT2D eigenvalue weighted by Crippen LogP contribution is 2.13. The number of rotatable bonds is 8. The van der Waals surface area contributed by atoms with Gasteiger partial charge >= 0.3 is 11.9 Å². The van der Waals surface area contributed by atoms with Crippen LogP contribution in [0.5, 0.6) is 0 Å². The minimum Gasteiger partial charge on any atom is -0.499 e. The molecule has 0 aliphatic heterocycles. The lowest BCUT2D eigenvalue weighted by atomic mass is 10.2. The third-order valence-electron chi connectivity index (χ3n) is 3.31. The predicted octanol–water partition coefficient (Wildman–Crippen LogP) is 3.28. The van der Waals surface area contributed by atoms with Crippen LogP contribution in [0, 0.1) is 0 Å². The molecule has 0 aromatic heterocycles. The molecule has 0 unspecified atom stereocenters. The smallest absolute Gasteiger partial charge is 0.378 e. The first-order valence-electron chi connectivity index (χ1n) is 8.10. The molecule has 0 heterocycles. The third kappa shape index (κ3) is 5.66. The van der Waals surface area contributed by atoms with E-state index in [1.807, 2.05) is 12.1 Å². The number of esters is 2. The molecule has 0 amide bonds. The van der Waals surface area contributed by atoms with Gasteiger partial charge in [-0.2, -0.15) is 0 Å². The van der Waals surface area contributed by atoms with Gasteiger partial charge in [-0.3, -0.25) is 0 Å². The fraction of sp³-hybridized carbons (Fsp3) is 0.200. The summed E-state index contributed by atoms with van der Waals surface area (Å²) in [5, 5.41) is 10.1. The molecule has 2 rings (SSSR count). The molecular weight excluding hydrogens is 336 g/mol. The number of carbonyl (C=O) groups is 2. The zero-order valence-electron chi connectivity index (χ0n) is 14.4. The summed E-state index contributed by atoms with van der Waals surface area (Å²) in [5.74, 6) is -3.49. The van der Waals surface area contributed by atoms with Gasteiger partial charge in [0.15, 0.2) is 0 Å². The first-order valence-corrected chi connectivity index (χ1v) is 8.10. The van der Waals surface area contributed by atoms with Gasteiger partial charge in [0.25, 0.3) is 11.5 Å². The normalized spacial score (nSPS) is 11.3. The molecule has 0 aliphatic rings. The van der Waals surface area contributed by atoms with Crippen molar-refractivity contribution in [2.45, 2.75) is 20.1 Å². The zero-order valence-corrected chi connectivity index (χ0v) is 14.4. The maximum absolute atomic E-state index is 12.1. The van der Waals surface area contributed by atoms with Gasteiger partial charge < -0.3 is 19.3 Å². The van der Waals surface area contributed by atoms with Crippen molar-refractivity contribution in [2.24, 2.45) is 0 Å². The van der Waals surface area contributed by atoms with E-state index in [9.17, 15) is 14.7 Å². The van der Waals surface area contributed by atoms with Crippen LogP contribution in [-0.2, 0) is 37.0 Å². The van der Waals surface area contributed by atoms with Crippen molar-refractivity contribution in [3.63, 3.8) is 0 Å². The van der Waals surface area contributed by atoms with Crippen molar-refractivity contribution in [2.75, 3.05) is 6.61 Å². The lowest BCUT2D eigenvalue weighted by molar-refractivity contribution is -0.148. The number of aliphatic hydroxyl groups is 1. The van der Waals surface area contributed by atoms with Crippen molar-refractivity contribution in [3.05, 3.63) is 83.3 Å². The summed E-state index contributed by atoms with van der Waals surface area (Å²) in [6.07, 6.45) is 0. The van der Waals surface area contributed by atoms with Crippen LogP contribution < -0.4 is 0 Å². The molecular formula is C20H20O6. The van der Waals surface area contributed by atoms with Gasteiger partial charge in [-0.15, -0.1) is 0 Å². The van der Waals surface area contributed by atoms with Crippen molar-refractivity contribution >= 4 is 11.9 Å². The maximum atomic E-state index is 12.1. The Labute approximate surface area is 151 Å². The van der Waals surface area contributed by atoms with Gasteiger partial charge in [0.05, 0.1) is 6.61 Å². The molecule has 1 N–H and O–H groups in total. The van der Waals surface area contributed by atoms with Gasteiger partial charge in [-0.1, -0.05) is 60.7 Å². The van der Waals surface area contributed by atoms with Crippen LogP contribution in [0.25, 0.3) is 0 Å². The summed E-state index contributed by atoms with van der Waals surface area (Å²) in [7, 11) is 0. The Balaban J connectivity index is 2.09. The van der Waals surface area contributed by atoms with Crippen LogP contribution in [0.2, 0.25) is 0 Å². The standard InChI is InChI=1S/C20H20O6/c1-2-24-20(23)18(25-13-15-9-5-3-6-10-15)17(21)19(22)26-14-16-11-7-4-8-12-16/h3-12,21H,2,13-14H2,1H3/b18-17+. The lowest BCUT2D eigenvalue weighted by Gasteiger charge is -2.12. The van der Waals surface area contributed by atoms with Crippen molar-refractivity contribution in [1.82, 2.24) is 0 Å². The van der Waals surface area contributed by atoms with E-state index in [0.29, 0.717) is 0 Å². The predicted molar refractivity (Wildman–Crippen MR) is 93.8 cm³/mol. The second-order valence-corrected chi connectivity index (χ2v) is 5.23. The summed E-state index contributed by atoms with van der Waals surface area (Å²) < 4.78 is 15.2. The minimum atomic E-state index is -1.06. The summed E-state index contributed by atoms with van der Waals surface area (Å²) >= 11 is 0. The Kier molecular flexibility index (Phi) is 7.24. The minimum absolute atomic E-state index is 0.00892. The van der Waals surface area contributed by atoms with E-state index in [1.165, 1.54) is 0 Å². The van der Waals surface area contributed by atoms with Gasteiger partial charge in [0, 0.05) is 0 Å². The highest BCUT2D eigenvalue weighted by Gasteiger charge is 2.25. The molecule has 0 atom stereocenters. The van der Waals surface area contributed by atoms with E-state index in [0.717, 1.165) is 11.1 Å². The summed E-state index contributed by atoms with van der Waals surface area (Å²) in [4.78, 5) is 24.1. The molecule has 0 aliphatic carbocycles. The molecule has 6 nitrogen and oxygen atoms in total. The van der Waals surface area contributed by atoms with E-state index in [1.54, 1.807) is 55.5 Å². The van der Waals surface area contributed by atoms with Crippen molar-refractivity contribution < 1.29 is 28.9 Å². The van der Waals surface area contributed by atoms with Crippen molar-refractivity contribution in [1.29, 1.82) is 0 Å². The molecule has 26 heavy (non-hydrogen) atoms. The number of benzene rings is 2. The topological polar surface area (TPSA) is 82.1 Å². The first kappa shape index (κ1) is 19.1. The van der Waals surface area contributed by atoms with Gasteiger partial charge in [0.1, 0.15) is 13.2 Å². The summed E-state index contributed by atoms with van der Waals surface area (Å²) in [5.41, 5.74) is 1.51. The molecule has 0 radical (unpaired) electrons. The Morgan fingerprint density at radius 2 is 1.27 bits per heavy atom. The van der Waals surface area contributed by atoms with E-state index >= 15 is 0 Å². The van der Waals surface area contributed by atoms with Crippen LogP contribution in [0.4, 0.5) is 0 Å². The van der Waals surface area contributed by atoms with E-state index in [2.05, 4.69) is 0 Å². The SMILES string of the molecule is CCOC(=O)/C(OCc1ccccc1)=C(\O)C(=O)OCc1ccccc1. The van der Waals surface area contributed by atoms with Gasteiger partial charge in [0.2, 0.25) is 0 Å². The molecule has 0 fully saturated rings. The average Bonchev–Trinajstić information content (AvgIpc) is 2.68. The number of hydrogen-bond donors (Lipinski definition) is 1. The highest BCUT2D eigenvalue weighted by molar-refractivity contribution is 5.97. The third-order valence-corrected chi connectivity index (χ3v) is 3.31. The van der Waals surface area contributed by atoms with Crippen LogP contribution in [-0.4, -0.2) is 23.7 Å². The Morgan fingerprint density at radius 1 is 0.769 bits per heavy atom. The molecule has 0 spiro atoms. The highest BCUT2D eigenvalue weighted by atomic mass is 16.6. The zero-order chi connectivity index (χ0) is 18.8. The Morgan fingerprint density at radius 3 is 1.77 bits per heavy atom. The van der Waals surface area contributed by atoms with Gasteiger partial charge in [-0.05, 0) is 18.1 Å². The Bertz CT molecular complexity index is 752. The molecule has 0 bridgehead atoms.